The van der Waals surface area contributed by atoms with E-state index in [1.807, 2.05) is 36.2 Å². The first kappa shape index (κ1) is 87.7. The van der Waals surface area contributed by atoms with E-state index in [-0.39, 0.29) is 72.4 Å². The van der Waals surface area contributed by atoms with Crippen LogP contribution in [-0.4, -0.2) is 170 Å². The molecule has 2 saturated heterocycles. The van der Waals surface area contributed by atoms with Gasteiger partial charge in [0.25, 0.3) is 23.6 Å². The zero-order valence-corrected chi connectivity index (χ0v) is 70.6. The monoisotopic (exact) mass is 1710 g/mol. The molecule has 0 aliphatic carbocycles. The largest absolute Gasteiger partial charge is 0.358 e. The summed E-state index contributed by atoms with van der Waals surface area (Å²) in [4.78, 5) is 113. The van der Waals surface area contributed by atoms with Crippen LogP contribution in [0.3, 0.4) is 0 Å². The Morgan fingerprint density at radius 1 is 0.328 bits per heavy atom. The number of amides is 4. The molecule has 0 radical (unpaired) electrons. The van der Waals surface area contributed by atoms with E-state index in [4.69, 9.17) is 62.6 Å². The molecule has 0 saturated carbocycles. The van der Waals surface area contributed by atoms with Gasteiger partial charge in [-0.15, -0.1) is 0 Å². The number of carbonyl (C=O) groups excluding carboxylic acids is 8. The fraction of sp³-hybridized carbons (Fsp3) is 0.209. The minimum atomic E-state index is -0.340. The van der Waals surface area contributed by atoms with Crippen molar-refractivity contribution in [2.45, 2.75) is 51.9 Å². The van der Waals surface area contributed by atoms with E-state index >= 15 is 0 Å². The van der Waals surface area contributed by atoms with E-state index in [0.29, 0.717) is 128 Å². The van der Waals surface area contributed by atoms with Gasteiger partial charge in [-0.25, -0.2) is 0 Å². The third-order valence-electron chi connectivity index (χ3n) is 20.5. The number of aliphatic imine (C=N–C) groups is 1. The molecule has 4 aromatic heterocycles. The standard InChI is InChI=1S/C25H26ClN5O2.C23H22ClN5O2.C22H20ClN5O2.C21H19ClN4O2/c1-30-22(21(16-28-30)25(33)29-20-11-9-19(26)10-12-20)15-23(32)17-5-7-18(8-6-17)24(27)31-13-3-2-4-14-31;1-28-12-11-25-22(28)16-5-3-15(4-6-16)21(30)13-20-19(14-26-29(20)2)23(31)27-18-9-7-17(24)8-10-18;1-27-19(18(13-25-27)22(30)26-17-8-6-16(23)7-9-17)12-20(29)14-2-4-15(5-3-14)21(24)28-10-11-28;1-13(23)14-3-5-15(6-4-14)20(27)11-19-18(12-24-26(19)2)21(28)25-17-9-7-16(22)8-10-17/h5-12,16,27H,2-4,13-15H2,1H3,(H,29,33);3-10,14H,11-13H2,1-2H3,(H,27,31);2-9,13,24H,10-12H2,1H3,(H,26,30);3-10,12,23H,11H2,1-2H3,(H,25,28). The van der Waals surface area contributed by atoms with Gasteiger partial charge >= 0.3 is 0 Å². The highest BCUT2D eigenvalue weighted by molar-refractivity contribution is 6.32. The number of aryl methyl sites for hydroxylation is 4. The second kappa shape index (κ2) is 40.4. The summed E-state index contributed by atoms with van der Waals surface area (Å²) in [7, 11) is 8.84. The lowest BCUT2D eigenvalue weighted by Crippen LogP contribution is -2.35. The summed E-state index contributed by atoms with van der Waals surface area (Å²) in [6.07, 6.45) is 9.49. The number of ketones is 4. The first-order chi connectivity index (χ1) is 58.6. The fourth-order valence-electron chi connectivity index (χ4n) is 13.3. The molecule has 122 heavy (non-hydrogen) atoms. The van der Waals surface area contributed by atoms with Crippen LogP contribution in [0.5, 0.6) is 0 Å². The molecule has 2 fully saturated rings. The fourth-order valence-corrected chi connectivity index (χ4v) is 13.8. The third kappa shape index (κ3) is 22.9. The molecule has 3 aliphatic heterocycles. The maximum atomic E-state index is 13.0. The van der Waals surface area contributed by atoms with Gasteiger partial charge in [0.15, 0.2) is 23.1 Å². The Kier molecular flexibility index (Phi) is 29.1. The topological polar surface area (TPSA) is 349 Å². The normalized spacial score (nSPS) is 12.5. The number of aromatic nitrogens is 8. The molecule has 0 atom stereocenters. The van der Waals surface area contributed by atoms with Crippen LogP contribution in [0, 0.1) is 16.2 Å². The van der Waals surface area contributed by atoms with Gasteiger partial charge in [-0.05, 0) is 129 Å². The van der Waals surface area contributed by atoms with Crippen LogP contribution >= 0.6 is 46.4 Å². The van der Waals surface area contributed by atoms with Gasteiger partial charge in [0.2, 0.25) is 0 Å². The average Bonchev–Trinajstić information content (AvgIpc) is 1.67. The first-order valence-electron chi connectivity index (χ1n) is 38.9. The Morgan fingerprint density at radius 2 is 0.582 bits per heavy atom. The molecule has 3 aliphatic rings. The highest BCUT2D eigenvalue weighted by Gasteiger charge is 2.28. The SMILES string of the molecule is CC(=N)c1ccc(C(=O)Cc2c(C(=O)Nc3ccc(Cl)cc3)cnn2C)cc1.CN1CCN=C1c1ccc(C(=O)Cc2c(C(=O)Nc3ccc(Cl)cc3)cnn2C)cc1.Cn1ncc(C(=O)Nc2ccc(Cl)cc2)c1CC(=O)c1ccc(C(=N)N2CC2)cc1.Cn1ncc(C(=O)Nc2ccc(Cl)cc2)c1CC(=O)c1ccc(C(=N)N2CCCCC2)cc1. The van der Waals surface area contributed by atoms with Crippen LogP contribution in [0.15, 0.2) is 224 Å². The number of piperidine rings is 1. The van der Waals surface area contributed by atoms with E-state index in [1.54, 1.807) is 219 Å². The summed E-state index contributed by atoms with van der Waals surface area (Å²) in [5.41, 5.74) is 12.0. The predicted octanol–water partition coefficient (Wildman–Crippen LogP) is 15.5. The summed E-state index contributed by atoms with van der Waals surface area (Å²) < 4.78 is 6.18. The molecular formula is C91H87Cl4N19O8. The molecule has 4 amide bonds. The van der Waals surface area contributed by atoms with E-state index in [0.717, 1.165) is 80.2 Å². The Balaban J connectivity index is 0.000000149. The summed E-state index contributed by atoms with van der Waals surface area (Å²) in [6.45, 7) is 6.99. The second-order valence-electron chi connectivity index (χ2n) is 29.1. The number of hydrogen-bond acceptors (Lipinski definition) is 17. The van der Waals surface area contributed by atoms with Gasteiger partial charge in [-0.3, -0.25) is 72.9 Å². The van der Waals surface area contributed by atoms with Crippen LogP contribution in [-0.2, 0) is 53.9 Å². The van der Waals surface area contributed by atoms with E-state index < -0.39 is 0 Å². The summed E-state index contributed by atoms with van der Waals surface area (Å²) in [5, 5.41) is 54.3. The predicted molar refractivity (Wildman–Crippen MR) is 476 cm³/mol. The van der Waals surface area contributed by atoms with Crippen molar-refractivity contribution in [3.8, 4) is 0 Å². The number of halogens is 4. The summed E-state index contributed by atoms with van der Waals surface area (Å²) >= 11 is 23.5. The van der Waals surface area contributed by atoms with Crippen LogP contribution in [0.4, 0.5) is 22.7 Å². The van der Waals surface area contributed by atoms with Crippen molar-refractivity contribution in [2.24, 2.45) is 33.2 Å². The maximum absolute atomic E-state index is 13.0. The molecule has 0 spiro atoms. The lowest BCUT2D eigenvalue weighted by atomic mass is 10.0. The summed E-state index contributed by atoms with van der Waals surface area (Å²) in [6, 6.07) is 55.7. The van der Waals surface area contributed by atoms with Crippen molar-refractivity contribution < 1.29 is 38.4 Å². The Labute approximate surface area is 724 Å². The molecule has 0 unspecified atom stereocenters. The third-order valence-corrected chi connectivity index (χ3v) is 21.5. The average molecular weight is 1720 g/mol. The van der Waals surface area contributed by atoms with E-state index in [2.05, 4.69) is 56.5 Å². The zero-order valence-electron chi connectivity index (χ0n) is 67.6. The molecule has 27 nitrogen and oxygen atoms in total. The quantitative estimate of drug-likeness (QED) is 0.0128. The van der Waals surface area contributed by atoms with Gasteiger partial charge in [-0.1, -0.05) is 143 Å². The molecular weight excluding hydrogens is 1630 g/mol. The molecule has 0 bridgehead atoms. The maximum Gasteiger partial charge on any atom is 0.259 e. The van der Waals surface area contributed by atoms with Crippen LogP contribution < -0.4 is 21.3 Å². The van der Waals surface area contributed by atoms with Crippen molar-refractivity contribution in [3.05, 3.63) is 329 Å². The molecule has 7 N–H and O–H groups in total. The molecule has 8 aromatic carbocycles. The lowest BCUT2D eigenvalue weighted by molar-refractivity contribution is 0.0978. The van der Waals surface area contributed by atoms with Gasteiger partial charge in [-0.2, -0.15) is 20.4 Å². The van der Waals surface area contributed by atoms with Crippen molar-refractivity contribution in [2.75, 3.05) is 67.6 Å². The number of benzene rings is 8. The Morgan fingerprint density at radius 3 is 0.836 bits per heavy atom. The Hall–Kier alpha value is -13.6. The molecule has 31 heteroatoms. The number of rotatable bonds is 24. The highest BCUT2D eigenvalue weighted by atomic mass is 35.5. The number of nitrogens with one attached hydrogen (secondary N) is 7. The number of Topliss-reactive ketones (excluding diaryl/α,β-unsaturated/α-hetero) is 4. The molecule has 622 valence electrons. The van der Waals surface area contributed by atoms with Crippen molar-refractivity contribution in [1.82, 2.24) is 53.8 Å². The number of anilines is 4. The molecule has 7 heterocycles. The Bertz CT molecular complexity index is 5910. The van der Waals surface area contributed by atoms with Gasteiger partial charge in [0.05, 0.1) is 102 Å². The van der Waals surface area contributed by atoms with Gasteiger partial charge in [0, 0.05) is 155 Å². The van der Waals surface area contributed by atoms with Crippen LogP contribution in [0.2, 0.25) is 20.1 Å². The number of amidine groups is 3. The smallest absolute Gasteiger partial charge is 0.259 e. The number of likely N-dealkylation sites (N-methyl/N-ethyl adjacent to an activating group) is 1. The molecule has 12 aromatic rings. The minimum Gasteiger partial charge on any atom is -0.358 e. The molecule has 15 rings (SSSR count). The minimum absolute atomic E-state index is 0.0444. The van der Waals surface area contributed by atoms with Crippen LogP contribution in [0.25, 0.3) is 0 Å². The van der Waals surface area contributed by atoms with Gasteiger partial charge < -0.3 is 41.4 Å². The number of carbonyl (C=O) groups is 8. The lowest BCUT2D eigenvalue weighted by Gasteiger charge is -2.29. The zero-order chi connectivity index (χ0) is 86.8. The first-order valence-corrected chi connectivity index (χ1v) is 40.5. The van der Waals surface area contributed by atoms with Crippen LogP contribution in [0.1, 0.15) is 154 Å². The number of likely N-dealkylation sites (tertiary alicyclic amines) is 1. The van der Waals surface area contributed by atoms with Crippen molar-refractivity contribution >= 4 is 139 Å². The van der Waals surface area contributed by atoms with Crippen molar-refractivity contribution in [3.63, 3.8) is 0 Å². The summed E-state index contributed by atoms with van der Waals surface area (Å²) in [5.74, 6) is 0.128. The van der Waals surface area contributed by atoms with Crippen molar-refractivity contribution in [1.29, 1.82) is 16.2 Å². The number of nitrogens with zero attached hydrogens (tertiary/aromatic N) is 12. The van der Waals surface area contributed by atoms with E-state index in [9.17, 15) is 38.4 Å². The number of hydrogen-bond donors (Lipinski definition) is 7. The van der Waals surface area contributed by atoms with E-state index in [1.165, 1.54) is 35.9 Å². The second-order valence-corrected chi connectivity index (χ2v) is 30.8. The highest BCUT2D eigenvalue weighted by Crippen LogP contribution is 2.26. The van der Waals surface area contributed by atoms with Gasteiger partial charge in [0.1, 0.15) is 17.5 Å².